The molecule has 0 unspecified atom stereocenters. The van der Waals surface area contributed by atoms with Crippen LogP contribution in [0.5, 0.6) is 11.5 Å². The Bertz CT molecular complexity index is 1220. The van der Waals surface area contributed by atoms with Crippen LogP contribution in [-0.4, -0.2) is 24.6 Å². The van der Waals surface area contributed by atoms with Gasteiger partial charge in [-0.15, -0.1) is 0 Å². The summed E-state index contributed by atoms with van der Waals surface area (Å²) in [6, 6.07) is 17.4. The highest BCUT2D eigenvalue weighted by Crippen LogP contribution is 2.29. The summed E-state index contributed by atoms with van der Waals surface area (Å²) in [5, 5.41) is 3.60. The predicted molar refractivity (Wildman–Crippen MR) is 117 cm³/mol. The molecule has 0 aliphatic heterocycles. The smallest absolute Gasteiger partial charge is 0.262 e. The van der Waals surface area contributed by atoms with Gasteiger partial charge in [0.2, 0.25) is 5.89 Å². The van der Waals surface area contributed by atoms with Crippen LogP contribution in [0, 0.1) is 0 Å². The Labute approximate surface area is 182 Å². The van der Waals surface area contributed by atoms with E-state index in [1.54, 1.807) is 43.5 Å². The molecule has 3 aromatic carbocycles. The van der Waals surface area contributed by atoms with Crippen LogP contribution in [0.3, 0.4) is 0 Å². The monoisotopic (exact) mass is 442 g/mol. The predicted octanol–water partition coefficient (Wildman–Crippen LogP) is 5.83. The largest absolute Gasteiger partial charge is 0.497 e. The number of aromatic nitrogens is 1. The van der Waals surface area contributed by atoms with Crippen molar-refractivity contribution in [2.75, 3.05) is 19.0 Å². The second-order valence-electron chi connectivity index (χ2n) is 6.35. The minimum atomic E-state index is -0.336. The lowest BCUT2D eigenvalue weighted by Gasteiger charge is -2.09. The van der Waals surface area contributed by atoms with Gasteiger partial charge in [0.15, 0.2) is 12.2 Å². The molecule has 0 aliphatic carbocycles. The van der Waals surface area contributed by atoms with Gasteiger partial charge in [0.05, 0.1) is 12.1 Å². The SMILES string of the molecule is COc1cccc(-c2nc3cc(NC(=O)COc4ccc(Cl)cc4Cl)ccc3o2)c1. The fraction of sp³-hybridized carbons (Fsp3) is 0.0909. The first-order chi connectivity index (χ1) is 14.5. The van der Waals surface area contributed by atoms with Gasteiger partial charge in [0.25, 0.3) is 5.91 Å². The minimum Gasteiger partial charge on any atom is -0.497 e. The van der Waals surface area contributed by atoms with E-state index < -0.39 is 0 Å². The van der Waals surface area contributed by atoms with Crippen LogP contribution in [0.15, 0.2) is 65.1 Å². The van der Waals surface area contributed by atoms with Gasteiger partial charge >= 0.3 is 0 Å². The molecular weight excluding hydrogens is 427 g/mol. The van der Waals surface area contributed by atoms with Gasteiger partial charge in [0, 0.05) is 16.3 Å². The summed E-state index contributed by atoms with van der Waals surface area (Å²) in [4.78, 5) is 16.7. The zero-order valence-corrected chi connectivity index (χ0v) is 17.3. The van der Waals surface area contributed by atoms with E-state index in [0.717, 1.165) is 5.56 Å². The summed E-state index contributed by atoms with van der Waals surface area (Å²) >= 11 is 11.9. The molecule has 0 spiro atoms. The van der Waals surface area contributed by atoms with Gasteiger partial charge in [-0.25, -0.2) is 4.98 Å². The quantitative estimate of drug-likeness (QED) is 0.406. The Kier molecular flexibility index (Phi) is 5.79. The number of ether oxygens (including phenoxy) is 2. The topological polar surface area (TPSA) is 73.6 Å². The number of nitrogens with one attached hydrogen (secondary N) is 1. The fourth-order valence-corrected chi connectivity index (χ4v) is 3.28. The summed E-state index contributed by atoms with van der Waals surface area (Å²) < 4.78 is 16.5. The van der Waals surface area contributed by atoms with Crippen LogP contribution < -0.4 is 14.8 Å². The van der Waals surface area contributed by atoms with Crippen LogP contribution in [0.25, 0.3) is 22.6 Å². The first-order valence-corrected chi connectivity index (χ1v) is 9.70. The Morgan fingerprint density at radius 3 is 2.77 bits per heavy atom. The molecule has 1 amide bonds. The van der Waals surface area contributed by atoms with Gasteiger partial charge in [-0.2, -0.15) is 0 Å². The molecule has 4 rings (SSSR count). The van der Waals surface area contributed by atoms with E-state index in [1.807, 2.05) is 24.3 Å². The van der Waals surface area contributed by atoms with E-state index in [4.69, 9.17) is 37.1 Å². The number of methoxy groups -OCH3 is 1. The molecule has 0 saturated heterocycles. The molecule has 1 heterocycles. The van der Waals surface area contributed by atoms with Crippen LogP contribution >= 0.6 is 23.2 Å². The summed E-state index contributed by atoms with van der Waals surface area (Å²) in [6.45, 7) is -0.201. The number of carbonyl (C=O) groups excluding carboxylic acids is 1. The molecule has 0 bridgehead atoms. The molecule has 30 heavy (non-hydrogen) atoms. The van der Waals surface area contributed by atoms with Crippen LogP contribution in [0.4, 0.5) is 5.69 Å². The van der Waals surface area contributed by atoms with Crippen molar-refractivity contribution in [1.82, 2.24) is 4.98 Å². The highest BCUT2D eigenvalue weighted by atomic mass is 35.5. The Morgan fingerprint density at radius 2 is 1.97 bits per heavy atom. The number of oxazole rings is 1. The van der Waals surface area contributed by atoms with Gasteiger partial charge in [0.1, 0.15) is 17.0 Å². The molecule has 0 atom stereocenters. The zero-order valence-electron chi connectivity index (χ0n) is 15.8. The number of halogens is 2. The average molecular weight is 443 g/mol. The van der Waals surface area contributed by atoms with Crippen molar-refractivity contribution in [2.24, 2.45) is 0 Å². The molecule has 6 nitrogen and oxygen atoms in total. The summed E-state index contributed by atoms with van der Waals surface area (Å²) in [5.41, 5.74) is 2.59. The average Bonchev–Trinajstić information content (AvgIpc) is 3.16. The summed E-state index contributed by atoms with van der Waals surface area (Å²) in [6.07, 6.45) is 0. The Balaban J connectivity index is 1.46. The Hall–Kier alpha value is -3.22. The van der Waals surface area contributed by atoms with Gasteiger partial charge in [-0.1, -0.05) is 29.3 Å². The number of amides is 1. The van der Waals surface area contributed by atoms with Crippen molar-refractivity contribution in [3.05, 3.63) is 70.7 Å². The van der Waals surface area contributed by atoms with Crippen molar-refractivity contribution < 1.29 is 18.7 Å². The third kappa shape index (κ3) is 4.50. The van der Waals surface area contributed by atoms with Crippen molar-refractivity contribution >= 4 is 45.9 Å². The van der Waals surface area contributed by atoms with E-state index in [-0.39, 0.29) is 12.5 Å². The lowest BCUT2D eigenvalue weighted by Crippen LogP contribution is -2.20. The number of fused-ring (bicyclic) bond motifs is 1. The standard InChI is InChI=1S/C22H16Cl2N2O4/c1-28-16-4-2-3-13(9-16)22-26-18-11-15(6-8-20(18)30-22)25-21(27)12-29-19-7-5-14(23)10-17(19)24/h2-11H,12H2,1H3,(H,25,27). The number of benzene rings is 3. The maximum absolute atomic E-state index is 12.2. The van der Waals surface area contributed by atoms with E-state index >= 15 is 0 Å². The zero-order chi connectivity index (χ0) is 21.1. The summed E-state index contributed by atoms with van der Waals surface area (Å²) in [5.74, 6) is 1.22. The van der Waals surface area contributed by atoms with Crippen LogP contribution in [-0.2, 0) is 4.79 Å². The van der Waals surface area contributed by atoms with Crippen LogP contribution in [0.1, 0.15) is 0 Å². The number of rotatable bonds is 6. The van der Waals surface area contributed by atoms with Gasteiger partial charge < -0.3 is 19.2 Å². The summed E-state index contributed by atoms with van der Waals surface area (Å²) in [7, 11) is 1.60. The number of hydrogen-bond acceptors (Lipinski definition) is 5. The first kappa shape index (κ1) is 20.1. The number of carbonyl (C=O) groups is 1. The highest BCUT2D eigenvalue weighted by molar-refractivity contribution is 6.35. The third-order valence-corrected chi connectivity index (χ3v) is 4.77. The van der Waals surface area contributed by atoms with E-state index in [0.29, 0.717) is 44.2 Å². The van der Waals surface area contributed by atoms with Crippen molar-refractivity contribution in [2.45, 2.75) is 0 Å². The lowest BCUT2D eigenvalue weighted by atomic mass is 10.2. The second-order valence-corrected chi connectivity index (χ2v) is 7.19. The number of nitrogens with zero attached hydrogens (tertiary/aromatic N) is 1. The number of hydrogen-bond donors (Lipinski definition) is 1. The second kappa shape index (κ2) is 8.65. The first-order valence-electron chi connectivity index (χ1n) is 8.94. The maximum Gasteiger partial charge on any atom is 0.262 e. The third-order valence-electron chi connectivity index (χ3n) is 4.24. The minimum absolute atomic E-state index is 0.201. The molecule has 1 N–H and O–H groups in total. The molecule has 0 radical (unpaired) electrons. The molecular formula is C22H16Cl2N2O4. The fourth-order valence-electron chi connectivity index (χ4n) is 2.82. The van der Waals surface area contributed by atoms with E-state index in [2.05, 4.69) is 10.3 Å². The van der Waals surface area contributed by atoms with Gasteiger partial charge in [-0.05, 0) is 54.6 Å². The van der Waals surface area contributed by atoms with Crippen LogP contribution in [0.2, 0.25) is 10.0 Å². The van der Waals surface area contributed by atoms with Crippen molar-refractivity contribution in [1.29, 1.82) is 0 Å². The molecule has 0 fully saturated rings. The maximum atomic E-state index is 12.2. The van der Waals surface area contributed by atoms with E-state index in [1.165, 1.54) is 0 Å². The Morgan fingerprint density at radius 1 is 1.10 bits per heavy atom. The van der Waals surface area contributed by atoms with Crippen molar-refractivity contribution in [3.63, 3.8) is 0 Å². The van der Waals surface area contributed by atoms with Gasteiger partial charge in [-0.3, -0.25) is 4.79 Å². The molecule has 0 aliphatic rings. The normalized spacial score (nSPS) is 10.8. The lowest BCUT2D eigenvalue weighted by molar-refractivity contribution is -0.118. The molecule has 4 aromatic rings. The van der Waals surface area contributed by atoms with Crippen molar-refractivity contribution in [3.8, 4) is 23.0 Å². The highest BCUT2D eigenvalue weighted by Gasteiger charge is 2.12. The molecule has 8 heteroatoms. The molecule has 0 saturated carbocycles. The number of anilines is 1. The molecule has 152 valence electrons. The molecule has 1 aromatic heterocycles. The van der Waals surface area contributed by atoms with E-state index in [9.17, 15) is 4.79 Å².